The predicted molar refractivity (Wildman–Crippen MR) is 71.7 cm³/mol. The van der Waals surface area contributed by atoms with E-state index in [0.717, 1.165) is 12.2 Å². The van der Waals surface area contributed by atoms with Crippen LogP contribution in [0.3, 0.4) is 0 Å². The molecular formula is C12H20N4O2. The highest BCUT2D eigenvalue weighted by Gasteiger charge is 2.15. The van der Waals surface area contributed by atoms with Gasteiger partial charge in [0.1, 0.15) is 0 Å². The van der Waals surface area contributed by atoms with Crippen LogP contribution in [0, 0.1) is 16.0 Å². The lowest BCUT2D eigenvalue weighted by atomic mass is 10.0. The van der Waals surface area contributed by atoms with Gasteiger partial charge < -0.3 is 20.3 Å². The minimum atomic E-state index is -0.496. The van der Waals surface area contributed by atoms with Crippen LogP contribution in [0.4, 0.5) is 11.5 Å². The quantitative estimate of drug-likeness (QED) is 0.619. The molecule has 1 atom stereocenters. The van der Waals surface area contributed by atoms with Gasteiger partial charge in [-0.3, -0.25) is 0 Å². The lowest BCUT2D eigenvalue weighted by Crippen LogP contribution is -2.36. The molecule has 0 bridgehead atoms. The molecule has 1 heterocycles. The maximum Gasteiger partial charge on any atom is 0.363 e. The number of pyridine rings is 1. The van der Waals surface area contributed by atoms with Crippen LogP contribution < -0.4 is 5.32 Å². The molecule has 0 radical (unpaired) electrons. The van der Waals surface area contributed by atoms with Crippen molar-refractivity contribution in [3.05, 3.63) is 28.4 Å². The van der Waals surface area contributed by atoms with Crippen LogP contribution in [-0.4, -0.2) is 41.5 Å². The van der Waals surface area contributed by atoms with E-state index in [9.17, 15) is 10.1 Å². The van der Waals surface area contributed by atoms with Crippen LogP contribution >= 0.6 is 0 Å². The van der Waals surface area contributed by atoms with Gasteiger partial charge in [-0.05, 0) is 36.0 Å². The first-order chi connectivity index (χ1) is 8.40. The van der Waals surface area contributed by atoms with Gasteiger partial charge in [0, 0.05) is 18.7 Å². The molecule has 0 fully saturated rings. The SMILES string of the molecule is CC(C)C(CN(C)C)Nc1ccc([N+](=O)[O-])nc1. The summed E-state index contributed by atoms with van der Waals surface area (Å²) in [5.74, 6) is 0.330. The molecule has 6 heteroatoms. The Morgan fingerprint density at radius 2 is 2.11 bits per heavy atom. The zero-order valence-corrected chi connectivity index (χ0v) is 11.3. The number of nitrogens with one attached hydrogen (secondary N) is 1. The molecule has 1 rings (SSSR count). The smallest absolute Gasteiger partial charge is 0.363 e. The van der Waals surface area contributed by atoms with E-state index in [4.69, 9.17) is 0 Å². The second-order valence-electron chi connectivity index (χ2n) is 4.92. The number of anilines is 1. The van der Waals surface area contributed by atoms with E-state index < -0.39 is 4.92 Å². The summed E-state index contributed by atoms with van der Waals surface area (Å²) in [4.78, 5) is 15.9. The lowest BCUT2D eigenvalue weighted by Gasteiger charge is -2.26. The van der Waals surface area contributed by atoms with Gasteiger partial charge in [-0.1, -0.05) is 13.8 Å². The average Bonchev–Trinajstić information content (AvgIpc) is 2.28. The van der Waals surface area contributed by atoms with Crippen molar-refractivity contribution in [2.24, 2.45) is 5.92 Å². The molecule has 0 saturated heterocycles. The molecular weight excluding hydrogens is 232 g/mol. The Morgan fingerprint density at radius 1 is 1.44 bits per heavy atom. The third-order valence-corrected chi connectivity index (χ3v) is 2.65. The zero-order chi connectivity index (χ0) is 13.7. The summed E-state index contributed by atoms with van der Waals surface area (Å²) in [6.07, 6.45) is 1.50. The Kier molecular flexibility index (Phi) is 5.03. The highest BCUT2D eigenvalue weighted by atomic mass is 16.6. The summed E-state index contributed by atoms with van der Waals surface area (Å²) < 4.78 is 0. The molecule has 1 aromatic heterocycles. The predicted octanol–water partition coefficient (Wildman–Crippen LogP) is 1.99. The largest absolute Gasteiger partial charge is 0.378 e. The molecule has 1 aromatic rings. The average molecular weight is 252 g/mol. The molecule has 0 amide bonds. The molecule has 0 aromatic carbocycles. The molecule has 0 aliphatic heterocycles. The van der Waals surface area contributed by atoms with Crippen LogP contribution in [0.25, 0.3) is 0 Å². The normalized spacial score (nSPS) is 12.8. The maximum atomic E-state index is 10.5. The van der Waals surface area contributed by atoms with Crippen molar-refractivity contribution >= 4 is 11.5 Å². The van der Waals surface area contributed by atoms with Crippen LogP contribution in [0.15, 0.2) is 18.3 Å². The number of nitrogens with zero attached hydrogens (tertiary/aromatic N) is 3. The number of nitro groups is 1. The fourth-order valence-corrected chi connectivity index (χ4v) is 1.61. The summed E-state index contributed by atoms with van der Waals surface area (Å²) in [6.45, 7) is 5.18. The van der Waals surface area contributed by atoms with Crippen LogP contribution in [0.5, 0.6) is 0 Å². The number of rotatable bonds is 6. The van der Waals surface area contributed by atoms with Gasteiger partial charge in [-0.15, -0.1) is 0 Å². The van der Waals surface area contributed by atoms with Gasteiger partial charge >= 0.3 is 5.82 Å². The van der Waals surface area contributed by atoms with Gasteiger partial charge in [0.25, 0.3) is 0 Å². The lowest BCUT2D eigenvalue weighted by molar-refractivity contribution is -0.389. The van der Waals surface area contributed by atoms with Crippen LogP contribution in [-0.2, 0) is 0 Å². The van der Waals surface area contributed by atoms with E-state index in [1.54, 1.807) is 6.07 Å². The second kappa shape index (κ2) is 6.30. The van der Waals surface area contributed by atoms with Crippen molar-refractivity contribution in [2.45, 2.75) is 19.9 Å². The Hall–Kier alpha value is -1.69. The summed E-state index contributed by atoms with van der Waals surface area (Å²) >= 11 is 0. The van der Waals surface area contributed by atoms with Crippen molar-refractivity contribution in [2.75, 3.05) is 26.0 Å². The Morgan fingerprint density at radius 3 is 2.50 bits per heavy atom. The first-order valence-corrected chi connectivity index (χ1v) is 5.92. The Balaban J connectivity index is 2.72. The molecule has 0 aliphatic rings. The monoisotopic (exact) mass is 252 g/mol. The number of likely N-dealkylation sites (N-methyl/N-ethyl adjacent to an activating group) is 1. The molecule has 1 N–H and O–H groups in total. The van der Waals surface area contributed by atoms with E-state index in [2.05, 4.69) is 29.0 Å². The highest BCUT2D eigenvalue weighted by Crippen LogP contribution is 2.15. The third-order valence-electron chi connectivity index (χ3n) is 2.65. The van der Waals surface area contributed by atoms with E-state index in [1.807, 2.05) is 14.1 Å². The van der Waals surface area contributed by atoms with E-state index in [0.29, 0.717) is 5.92 Å². The summed E-state index contributed by atoms with van der Waals surface area (Å²) in [5.41, 5.74) is 0.807. The molecule has 1 unspecified atom stereocenters. The van der Waals surface area contributed by atoms with Crippen LogP contribution in [0.2, 0.25) is 0 Å². The third kappa shape index (κ3) is 4.29. The van der Waals surface area contributed by atoms with Crippen LogP contribution in [0.1, 0.15) is 13.8 Å². The standard InChI is InChI=1S/C12H20N4O2/c1-9(2)11(8-15(3)4)14-10-5-6-12(13-7-10)16(17)18/h5-7,9,11,14H,8H2,1-4H3. The second-order valence-corrected chi connectivity index (χ2v) is 4.92. The minimum Gasteiger partial charge on any atom is -0.378 e. The Labute approximate surface area is 107 Å². The number of hydrogen-bond donors (Lipinski definition) is 1. The number of hydrogen-bond acceptors (Lipinski definition) is 5. The van der Waals surface area contributed by atoms with E-state index in [-0.39, 0.29) is 11.9 Å². The molecule has 100 valence electrons. The molecule has 18 heavy (non-hydrogen) atoms. The van der Waals surface area contributed by atoms with Gasteiger partial charge in [-0.2, -0.15) is 0 Å². The highest BCUT2D eigenvalue weighted by molar-refractivity contribution is 5.44. The first-order valence-electron chi connectivity index (χ1n) is 5.92. The minimum absolute atomic E-state index is 0.130. The summed E-state index contributed by atoms with van der Waals surface area (Å²) in [5, 5.41) is 13.9. The number of aromatic nitrogens is 1. The van der Waals surface area contributed by atoms with Crippen molar-refractivity contribution in [1.82, 2.24) is 9.88 Å². The first kappa shape index (κ1) is 14.4. The molecule has 6 nitrogen and oxygen atoms in total. The fourth-order valence-electron chi connectivity index (χ4n) is 1.61. The maximum absolute atomic E-state index is 10.5. The summed E-state index contributed by atoms with van der Waals surface area (Å²) in [6, 6.07) is 3.38. The van der Waals surface area contributed by atoms with E-state index in [1.165, 1.54) is 12.3 Å². The van der Waals surface area contributed by atoms with Crippen molar-refractivity contribution in [3.8, 4) is 0 Å². The van der Waals surface area contributed by atoms with Crippen molar-refractivity contribution in [3.63, 3.8) is 0 Å². The molecule has 0 spiro atoms. The molecule has 0 saturated carbocycles. The van der Waals surface area contributed by atoms with Gasteiger partial charge in [-0.25, -0.2) is 0 Å². The van der Waals surface area contributed by atoms with Crippen molar-refractivity contribution in [1.29, 1.82) is 0 Å². The van der Waals surface area contributed by atoms with Gasteiger partial charge in [0.2, 0.25) is 0 Å². The van der Waals surface area contributed by atoms with E-state index >= 15 is 0 Å². The zero-order valence-electron chi connectivity index (χ0n) is 11.3. The van der Waals surface area contributed by atoms with Gasteiger partial charge in [0.15, 0.2) is 6.20 Å². The molecule has 0 aliphatic carbocycles. The topological polar surface area (TPSA) is 71.3 Å². The van der Waals surface area contributed by atoms with Gasteiger partial charge in [0.05, 0.1) is 5.69 Å². The fraction of sp³-hybridized carbons (Fsp3) is 0.583. The Bertz CT molecular complexity index is 390. The summed E-state index contributed by atoms with van der Waals surface area (Å²) in [7, 11) is 4.04. The van der Waals surface area contributed by atoms with Crippen molar-refractivity contribution < 1.29 is 4.92 Å².